The minimum absolute atomic E-state index is 0.242. The highest BCUT2D eigenvalue weighted by Gasteiger charge is 2.12. The van der Waals surface area contributed by atoms with Crippen LogP contribution in [0.3, 0.4) is 0 Å². The monoisotopic (exact) mass is 441 g/mol. The fraction of sp³-hybridized carbons (Fsp3) is 0.607. The highest BCUT2D eigenvalue weighted by atomic mass is 16.7. The first-order valence-electron chi connectivity index (χ1n) is 12.6. The standard InChI is InChI=1S/C28H43NO3/c1-4-6-7-8-13-20-30-23-32-28-22-29-19-18-26(28)25-16-11-12-17-27(25)31-21-14-9-10-15-24(3)5-2/h11-12,16-19,22,24H,4-10,13-15,20-21,23H2,1-3H3. The second kappa shape index (κ2) is 16.5. The maximum atomic E-state index is 6.16. The number of ether oxygens (including phenoxy) is 3. The minimum Gasteiger partial charge on any atom is -0.493 e. The van der Waals surface area contributed by atoms with Crippen molar-refractivity contribution in [1.29, 1.82) is 0 Å². The first-order chi connectivity index (χ1) is 15.8. The zero-order valence-corrected chi connectivity index (χ0v) is 20.5. The van der Waals surface area contributed by atoms with E-state index in [2.05, 4.69) is 31.8 Å². The number of aromatic nitrogens is 1. The number of benzene rings is 1. The van der Waals surface area contributed by atoms with Gasteiger partial charge in [0.2, 0.25) is 0 Å². The van der Waals surface area contributed by atoms with Crippen molar-refractivity contribution >= 4 is 0 Å². The van der Waals surface area contributed by atoms with Crippen LogP contribution in [0, 0.1) is 5.92 Å². The van der Waals surface area contributed by atoms with Crippen LogP contribution in [-0.2, 0) is 4.74 Å². The van der Waals surface area contributed by atoms with Crippen LogP contribution in [0.4, 0.5) is 0 Å². The molecular formula is C28H43NO3. The maximum Gasteiger partial charge on any atom is 0.189 e. The van der Waals surface area contributed by atoms with E-state index in [0.29, 0.717) is 0 Å². The lowest BCUT2D eigenvalue weighted by atomic mass is 10.0. The van der Waals surface area contributed by atoms with Crippen LogP contribution >= 0.6 is 0 Å². The van der Waals surface area contributed by atoms with Gasteiger partial charge in [-0.3, -0.25) is 4.98 Å². The van der Waals surface area contributed by atoms with Crippen molar-refractivity contribution in [2.24, 2.45) is 5.92 Å². The molecule has 4 nitrogen and oxygen atoms in total. The molecule has 0 aliphatic heterocycles. The Labute approximate surface area is 195 Å². The topological polar surface area (TPSA) is 40.6 Å². The molecule has 0 saturated heterocycles. The molecular weight excluding hydrogens is 398 g/mol. The average molecular weight is 442 g/mol. The summed E-state index contributed by atoms with van der Waals surface area (Å²) in [5.74, 6) is 2.44. The average Bonchev–Trinajstić information content (AvgIpc) is 2.83. The summed E-state index contributed by atoms with van der Waals surface area (Å²) >= 11 is 0. The summed E-state index contributed by atoms with van der Waals surface area (Å²) in [5, 5.41) is 0. The van der Waals surface area contributed by atoms with Crippen molar-refractivity contribution < 1.29 is 14.2 Å². The van der Waals surface area contributed by atoms with Crippen LogP contribution < -0.4 is 9.47 Å². The number of rotatable bonds is 18. The van der Waals surface area contributed by atoms with Gasteiger partial charge in [-0.15, -0.1) is 0 Å². The lowest BCUT2D eigenvalue weighted by molar-refractivity contribution is 0.0136. The lowest BCUT2D eigenvalue weighted by Crippen LogP contribution is -2.05. The number of pyridine rings is 1. The Balaban J connectivity index is 1.84. The third-order valence-corrected chi connectivity index (χ3v) is 5.95. The first-order valence-corrected chi connectivity index (χ1v) is 12.6. The summed E-state index contributed by atoms with van der Waals surface area (Å²) in [5.41, 5.74) is 2.02. The van der Waals surface area contributed by atoms with Crippen LogP contribution in [0.5, 0.6) is 11.5 Å². The van der Waals surface area contributed by atoms with Gasteiger partial charge in [0.25, 0.3) is 0 Å². The third kappa shape index (κ3) is 10.0. The van der Waals surface area contributed by atoms with Crippen molar-refractivity contribution in [2.75, 3.05) is 20.0 Å². The molecule has 0 amide bonds. The summed E-state index contributed by atoms with van der Waals surface area (Å²) in [6.07, 6.45) is 15.8. The van der Waals surface area contributed by atoms with E-state index in [1.165, 1.54) is 51.4 Å². The van der Waals surface area contributed by atoms with E-state index < -0.39 is 0 Å². The number of unbranched alkanes of at least 4 members (excludes halogenated alkanes) is 6. The second-order valence-electron chi connectivity index (χ2n) is 8.66. The Morgan fingerprint density at radius 1 is 0.781 bits per heavy atom. The van der Waals surface area contributed by atoms with Crippen LogP contribution in [0.15, 0.2) is 42.7 Å². The van der Waals surface area contributed by atoms with E-state index in [1.54, 1.807) is 12.4 Å². The Kier molecular flexibility index (Phi) is 13.5. The quantitative estimate of drug-likeness (QED) is 0.173. The highest BCUT2D eigenvalue weighted by molar-refractivity contribution is 5.75. The third-order valence-electron chi connectivity index (χ3n) is 5.95. The fourth-order valence-corrected chi connectivity index (χ4v) is 3.66. The number of hydrogen-bond donors (Lipinski definition) is 0. The largest absolute Gasteiger partial charge is 0.493 e. The second-order valence-corrected chi connectivity index (χ2v) is 8.66. The van der Waals surface area contributed by atoms with Gasteiger partial charge < -0.3 is 14.2 Å². The maximum absolute atomic E-state index is 6.16. The van der Waals surface area contributed by atoms with Gasteiger partial charge in [0.1, 0.15) is 11.5 Å². The van der Waals surface area contributed by atoms with Gasteiger partial charge in [-0.2, -0.15) is 0 Å². The lowest BCUT2D eigenvalue weighted by Gasteiger charge is -2.15. The molecule has 32 heavy (non-hydrogen) atoms. The molecule has 0 fully saturated rings. The number of hydrogen-bond acceptors (Lipinski definition) is 4. The van der Waals surface area contributed by atoms with E-state index >= 15 is 0 Å². The molecule has 0 N–H and O–H groups in total. The first kappa shape index (κ1) is 26.2. The van der Waals surface area contributed by atoms with Crippen molar-refractivity contribution in [3.05, 3.63) is 42.7 Å². The van der Waals surface area contributed by atoms with Gasteiger partial charge >= 0.3 is 0 Å². The van der Waals surface area contributed by atoms with Gasteiger partial charge in [-0.1, -0.05) is 90.3 Å². The minimum atomic E-state index is 0.242. The molecule has 1 atom stereocenters. The molecule has 1 aromatic heterocycles. The Morgan fingerprint density at radius 3 is 2.38 bits per heavy atom. The smallest absolute Gasteiger partial charge is 0.189 e. The van der Waals surface area contributed by atoms with Crippen LogP contribution in [-0.4, -0.2) is 25.0 Å². The summed E-state index contributed by atoms with van der Waals surface area (Å²) in [7, 11) is 0. The van der Waals surface area contributed by atoms with Crippen molar-refractivity contribution in [3.8, 4) is 22.6 Å². The number of nitrogens with zero attached hydrogens (tertiary/aromatic N) is 1. The van der Waals surface area contributed by atoms with E-state index in [9.17, 15) is 0 Å². The predicted octanol–water partition coefficient (Wildman–Crippen LogP) is 8.06. The molecule has 0 radical (unpaired) electrons. The summed E-state index contributed by atoms with van der Waals surface area (Å²) < 4.78 is 17.8. The molecule has 0 saturated carbocycles. The van der Waals surface area contributed by atoms with Crippen LogP contribution in [0.1, 0.15) is 85.0 Å². The molecule has 4 heteroatoms. The molecule has 178 valence electrons. The summed E-state index contributed by atoms with van der Waals surface area (Å²) in [6.45, 7) is 8.54. The zero-order chi connectivity index (χ0) is 22.9. The van der Waals surface area contributed by atoms with E-state index in [4.69, 9.17) is 14.2 Å². The zero-order valence-electron chi connectivity index (χ0n) is 20.5. The van der Waals surface area contributed by atoms with E-state index in [1.807, 2.05) is 24.3 Å². The van der Waals surface area contributed by atoms with Gasteiger partial charge in [-0.05, 0) is 30.9 Å². The highest BCUT2D eigenvalue weighted by Crippen LogP contribution is 2.35. The summed E-state index contributed by atoms with van der Waals surface area (Å²) in [4.78, 5) is 4.24. The van der Waals surface area contributed by atoms with Gasteiger partial charge in [0, 0.05) is 17.3 Å². The Bertz CT molecular complexity index is 734. The van der Waals surface area contributed by atoms with Crippen molar-refractivity contribution in [2.45, 2.75) is 85.0 Å². The van der Waals surface area contributed by atoms with E-state index in [0.717, 1.165) is 54.6 Å². The summed E-state index contributed by atoms with van der Waals surface area (Å²) in [6, 6.07) is 10.1. The molecule has 0 bridgehead atoms. The van der Waals surface area contributed by atoms with Crippen LogP contribution in [0.25, 0.3) is 11.1 Å². The van der Waals surface area contributed by atoms with Gasteiger partial charge in [0.15, 0.2) is 6.79 Å². The normalized spacial score (nSPS) is 12.0. The van der Waals surface area contributed by atoms with Crippen molar-refractivity contribution in [3.63, 3.8) is 0 Å². The molecule has 2 aromatic rings. The fourth-order valence-electron chi connectivity index (χ4n) is 3.66. The molecule has 1 heterocycles. The molecule has 0 aliphatic rings. The predicted molar refractivity (Wildman–Crippen MR) is 133 cm³/mol. The molecule has 0 spiro atoms. The van der Waals surface area contributed by atoms with Crippen molar-refractivity contribution in [1.82, 2.24) is 4.98 Å². The molecule has 1 aromatic carbocycles. The SMILES string of the molecule is CCCCCCCOCOc1cnccc1-c1ccccc1OCCCCCC(C)CC. The molecule has 2 rings (SSSR count). The molecule has 1 unspecified atom stereocenters. The van der Waals surface area contributed by atoms with Gasteiger partial charge in [-0.25, -0.2) is 0 Å². The van der Waals surface area contributed by atoms with Gasteiger partial charge in [0.05, 0.1) is 19.4 Å². The Hall–Kier alpha value is -2.07. The van der Waals surface area contributed by atoms with E-state index in [-0.39, 0.29) is 6.79 Å². The Morgan fingerprint density at radius 2 is 1.53 bits per heavy atom. The number of para-hydroxylation sites is 1. The molecule has 0 aliphatic carbocycles. The van der Waals surface area contributed by atoms with Crippen LogP contribution in [0.2, 0.25) is 0 Å².